The van der Waals surface area contributed by atoms with E-state index in [2.05, 4.69) is 26.7 Å². The second-order valence-electron chi connectivity index (χ2n) is 5.33. The lowest BCUT2D eigenvalue weighted by Crippen LogP contribution is -2.11. The largest absolute Gasteiger partial charge is 0.379 e. The summed E-state index contributed by atoms with van der Waals surface area (Å²) in [6, 6.07) is 3.97. The Morgan fingerprint density at radius 1 is 1.52 bits per heavy atom. The van der Waals surface area contributed by atoms with Gasteiger partial charge in [-0.2, -0.15) is 5.26 Å². The Morgan fingerprint density at radius 2 is 2.35 bits per heavy atom. The fourth-order valence-electron chi connectivity index (χ4n) is 1.91. The molecule has 7 heteroatoms. The van der Waals surface area contributed by atoms with Gasteiger partial charge < -0.3 is 15.4 Å². The average molecular weight is 331 g/mol. The zero-order chi connectivity index (χ0) is 16.7. The van der Waals surface area contributed by atoms with E-state index < -0.39 is 0 Å². The SMILES string of the molecule is CC1=CSC(=C(C#N)c2ccnc(NCCCOC(C)C)n2)N1. The first kappa shape index (κ1) is 17.3. The third kappa shape index (κ3) is 5.27. The number of nitriles is 1. The van der Waals surface area contributed by atoms with Gasteiger partial charge in [-0.25, -0.2) is 9.97 Å². The number of hydrogen-bond donors (Lipinski definition) is 2. The minimum Gasteiger partial charge on any atom is -0.379 e. The van der Waals surface area contributed by atoms with Crippen LogP contribution in [0.2, 0.25) is 0 Å². The molecule has 0 radical (unpaired) electrons. The van der Waals surface area contributed by atoms with E-state index in [4.69, 9.17) is 4.74 Å². The fourth-order valence-corrected chi connectivity index (χ4v) is 2.75. The first-order chi connectivity index (χ1) is 11.1. The van der Waals surface area contributed by atoms with Gasteiger partial charge in [0.25, 0.3) is 0 Å². The summed E-state index contributed by atoms with van der Waals surface area (Å²) in [7, 11) is 0. The predicted octanol–water partition coefficient (Wildman–Crippen LogP) is 3.09. The van der Waals surface area contributed by atoms with Gasteiger partial charge in [0, 0.05) is 25.0 Å². The first-order valence-corrected chi connectivity index (χ1v) is 8.42. The molecule has 6 nitrogen and oxygen atoms in total. The highest BCUT2D eigenvalue weighted by molar-refractivity contribution is 8.06. The fraction of sp³-hybridized carbons (Fsp3) is 0.438. The Labute approximate surface area is 141 Å². The Kier molecular flexibility index (Phi) is 6.44. The molecular weight excluding hydrogens is 310 g/mol. The average Bonchev–Trinajstić information content (AvgIpc) is 2.94. The molecule has 0 spiro atoms. The van der Waals surface area contributed by atoms with Crippen LogP contribution in [-0.4, -0.2) is 29.2 Å². The molecule has 0 aliphatic carbocycles. The molecule has 1 aliphatic heterocycles. The molecule has 0 amide bonds. The summed E-state index contributed by atoms with van der Waals surface area (Å²) in [6.07, 6.45) is 2.78. The molecule has 23 heavy (non-hydrogen) atoms. The van der Waals surface area contributed by atoms with Gasteiger partial charge in [0.1, 0.15) is 11.6 Å². The van der Waals surface area contributed by atoms with Crippen molar-refractivity contribution in [2.24, 2.45) is 0 Å². The van der Waals surface area contributed by atoms with Crippen molar-refractivity contribution in [3.8, 4) is 6.07 Å². The molecule has 2 rings (SSSR count). The Bertz CT molecular complexity index is 648. The van der Waals surface area contributed by atoms with Gasteiger partial charge in [-0.1, -0.05) is 11.8 Å². The Hall–Kier alpha value is -2.04. The van der Waals surface area contributed by atoms with E-state index in [0.29, 0.717) is 23.8 Å². The van der Waals surface area contributed by atoms with Crippen LogP contribution in [0.25, 0.3) is 5.57 Å². The summed E-state index contributed by atoms with van der Waals surface area (Å²) in [4.78, 5) is 8.62. The van der Waals surface area contributed by atoms with Gasteiger partial charge in [-0.15, -0.1) is 0 Å². The monoisotopic (exact) mass is 331 g/mol. The topological polar surface area (TPSA) is 82.9 Å². The molecule has 0 saturated heterocycles. The second-order valence-corrected chi connectivity index (χ2v) is 6.20. The summed E-state index contributed by atoms with van der Waals surface area (Å²) >= 11 is 1.50. The molecule has 1 aromatic rings. The van der Waals surface area contributed by atoms with Gasteiger partial charge in [-0.05, 0) is 38.7 Å². The summed E-state index contributed by atoms with van der Waals surface area (Å²) in [5, 5.41) is 18.6. The van der Waals surface area contributed by atoms with Crippen LogP contribution in [-0.2, 0) is 4.74 Å². The van der Waals surface area contributed by atoms with E-state index >= 15 is 0 Å². The van der Waals surface area contributed by atoms with Gasteiger partial charge in [0.15, 0.2) is 0 Å². The van der Waals surface area contributed by atoms with Crippen molar-refractivity contribution >= 4 is 23.3 Å². The normalized spacial score (nSPS) is 15.9. The first-order valence-electron chi connectivity index (χ1n) is 7.54. The van der Waals surface area contributed by atoms with Crippen molar-refractivity contribution in [3.05, 3.63) is 34.1 Å². The van der Waals surface area contributed by atoms with E-state index in [1.165, 1.54) is 11.8 Å². The molecule has 0 saturated carbocycles. The van der Waals surface area contributed by atoms with Gasteiger partial charge >= 0.3 is 0 Å². The van der Waals surface area contributed by atoms with Crippen molar-refractivity contribution in [1.82, 2.24) is 15.3 Å². The highest BCUT2D eigenvalue weighted by Crippen LogP contribution is 2.30. The predicted molar refractivity (Wildman–Crippen MR) is 93.2 cm³/mol. The number of anilines is 1. The quantitative estimate of drug-likeness (QED) is 0.587. The maximum absolute atomic E-state index is 9.43. The molecule has 0 bridgehead atoms. The number of nitrogens with one attached hydrogen (secondary N) is 2. The van der Waals surface area contributed by atoms with E-state index in [9.17, 15) is 5.26 Å². The van der Waals surface area contributed by atoms with Crippen LogP contribution >= 0.6 is 11.8 Å². The lowest BCUT2D eigenvalue weighted by Gasteiger charge is -2.09. The van der Waals surface area contributed by atoms with E-state index in [1.807, 2.05) is 26.2 Å². The lowest BCUT2D eigenvalue weighted by atomic mass is 10.2. The highest BCUT2D eigenvalue weighted by atomic mass is 32.2. The molecule has 122 valence electrons. The standard InChI is InChI=1S/C16H21N5OS/c1-11(2)22-8-4-6-18-16-19-7-5-14(21-16)13(9-17)15-20-12(3)10-23-15/h5,7,10-11,20H,4,6,8H2,1-3H3,(H,18,19,21). The van der Waals surface area contributed by atoms with Crippen LogP contribution < -0.4 is 10.6 Å². The van der Waals surface area contributed by atoms with Crippen molar-refractivity contribution in [1.29, 1.82) is 5.26 Å². The third-order valence-corrected chi connectivity index (χ3v) is 3.98. The molecule has 1 aromatic heterocycles. The van der Waals surface area contributed by atoms with Gasteiger partial charge in [0.05, 0.1) is 16.8 Å². The number of ether oxygens (including phenoxy) is 1. The molecule has 0 fully saturated rings. The van der Waals surface area contributed by atoms with Crippen molar-refractivity contribution < 1.29 is 4.74 Å². The number of thioether (sulfide) groups is 1. The summed E-state index contributed by atoms with van der Waals surface area (Å²) in [6.45, 7) is 7.41. The van der Waals surface area contributed by atoms with Crippen LogP contribution in [0.4, 0.5) is 5.95 Å². The minimum atomic E-state index is 0.243. The van der Waals surface area contributed by atoms with Crippen LogP contribution in [0.1, 0.15) is 32.9 Å². The zero-order valence-corrected chi connectivity index (χ0v) is 14.4. The molecule has 0 atom stereocenters. The van der Waals surface area contributed by atoms with Crippen LogP contribution in [0.3, 0.4) is 0 Å². The van der Waals surface area contributed by atoms with E-state index in [0.717, 1.165) is 23.7 Å². The van der Waals surface area contributed by atoms with Crippen LogP contribution in [0, 0.1) is 11.3 Å². The number of nitrogens with zero attached hydrogens (tertiary/aromatic N) is 3. The minimum absolute atomic E-state index is 0.243. The van der Waals surface area contributed by atoms with Crippen molar-refractivity contribution in [2.45, 2.75) is 33.3 Å². The molecule has 0 aromatic carbocycles. The van der Waals surface area contributed by atoms with E-state index in [-0.39, 0.29) is 6.10 Å². The van der Waals surface area contributed by atoms with Gasteiger partial charge in [-0.3, -0.25) is 0 Å². The summed E-state index contributed by atoms with van der Waals surface area (Å²) in [5.41, 5.74) is 2.16. The number of rotatable bonds is 7. The third-order valence-electron chi connectivity index (χ3n) is 2.97. The summed E-state index contributed by atoms with van der Waals surface area (Å²) < 4.78 is 5.49. The second kappa shape index (κ2) is 8.56. The molecule has 1 aliphatic rings. The van der Waals surface area contributed by atoms with Crippen LogP contribution in [0.15, 0.2) is 28.4 Å². The molecule has 2 N–H and O–H groups in total. The number of allylic oxidation sites excluding steroid dienone is 2. The zero-order valence-electron chi connectivity index (χ0n) is 13.6. The van der Waals surface area contributed by atoms with Crippen molar-refractivity contribution in [2.75, 3.05) is 18.5 Å². The van der Waals surface area contributed by atoms with E-state index in [1.54, 1.807) is 12.3 Å². The van der Waals surface area contributed by atoms with Gasteiger partial charge in [0.2, 0.25) is 5.95 Å². The summed E-state index contributed by atoms with van der Waals surface area (Å²) in [5.74, 6) is 0.521. The highest BCUT2D eigenvalue weighted by Gasteiger charge is 2.15. The van der Waals surface area contributed by atoms with Crippen molar-refractivity contribution in [3.63, 3.8) is 0 Å². The lowest BCUT2D eigenvalue weighted by molar-refractivity contribution is 0.0787. The smallest absolute Gasteiger partial charge is 0.223 e. The number of aromatic nitrogens is 2. The molecular formula is C16H21N5OS. The Balaban J connectivity index is 1.98. The maximum Gasteiger partial charge on any atom is 0.223 e. The molecule has 0 unspecified atom stereocenters. The Morgan fingerprint density at radius 3 is 3.00 bits per heavy atom. The number of hydrogen-bond acceptors (Lipinski definition) is 7. The molecule has 2 heterocycles. The maximum atomic E-state index is 9.43. The van der Waals surface area contributed by atoms with Crippen LogP contribution in [0.5, 0.6) is 0 Å².